The van der Waals surface area contributed by atoms with Crippen molar-refractivity contribution in [2.24, 2.45) is 0 Å². The van der Waals surface area contributed by atoms with Gasteiger partial charge in [-0.25, -0.2) is 4.68 Å². The maximum absolute atomic E-state index is 12.5. The van der Waals surface area contributed by atoms with Gasteiger partial charge in [-0.15, -0.1) is 0 Å². The maximum atomic E-state index is 12.5. The van der Waals surface area contributed by atoms with Crippen LogP contribution in [0.1, 0.15) is 33.0 Å². The van der Waals surface area contributed by atoms with E-state index in [1.165, 1.54) is 9.36 Å². The number of nitrogens with zero attached hydrogens (tertiary/aromatic N) is 5. The quantitative estimate of drug-likeness (QED) is 0.550. The van der Waals surface area contributed by atoms with Gasteiger partial charge in [-0.3, -0.25) is 19.6 Å². The van der Waals surface area contributed by atoms with Gasteiger partial charge in [0.15, 0.2) is 5.69 Å². The third-order valence-electron chi connectivity index (χ3n) is 4.40. The van der Waals surface area contributed by atoms with Gasteiger partial charge in [0.05, 0.1) is 4.92 Å². The van der Waals surface area contributed by atoms with Crippen molar-refractivity contribution in [1.29, 1.82) is 0 Å². The van der Waals surface area contributed by atoms with E-state index >= 15 is 0 Å². The Hall–Kier alpha value is -3.49. The predicted octanol–water partition coefficient (Wildman–Crippen LogP) is 2.98. The number of nitro groups is 1. The number of para-hydroxylation sites is 1. The van der Waals surface area contributed by atoms with Crippen molar-refractivity contribution in [3.8, 4) is 0 Å². The van der Waals surface area contributed by atoms with Crippen LogP contribution >= 0.6 is 0 Å². The van der Waals surface area contributed by atoms with E-state index in [2.05, 4.69) is 15.5 Å². The molecule has 9 heteroatoms. The van der Waals surface area contributed by atoms with E-state index in [-0.39, 0.29) is 24.0 Å². The number of carbonyl (C=O) groups is 1. The number of hydrogen-bond acceptors (Lipinski definition) is 5. The van der Waals surface area contributed by atoms with Gasteiger partial charge in [0.2, 0.25) is 0 Å². The van der Waals surface area contributed by atoms with Crippen LogP contribution in [0.25, 0.3) is 0 Å². The molecule has 140 valence electrons. The molecule has 0 aliphatic carbocycles. The Kier molecular flexibility index (Phi) is 4.76. The molecule has 0 saturated carbocycles. The minimum atomic E-state index is -0.444. The molecule has 0 unspecified atom stereocenters. The second kappa shape index (κ2) is 7.02. The zero-order valence-corrected chi connectivity index (χ0v) is 15.6. The summed E-state index contributed by atoms with van der Waals surface area (Å²) in [7, 11) is 0. The molecular weight excluding hydrogens is 348 g/mol. The van der Waals surface area contributed by atoms with Crippen molar-refractivity contribution in [2.45, 2.75) is 34.4 Å². The molecule has 0 aliphatic heterocycles. The van der Waals surface area contributed by atoms with Crippen molar-refractivity contribution in [2.75, 3.05) is 5.32 Å². The van der Waals surface area contributed by atoms with Crippen LogP contribution in [0.3, 0.4) is 0 Å². The van der Waals surface area contributed by atoms with E-state index in [9.17, 15) is 14.9 Å². The van der Waals surface area contributed by atoms with E-state index in [1.54, 1.807) is 26.1 Å². The highest BCUT2D eigenvalue weighted by Crippen LogP contribution is 2.22. The molecule has 1 N–H and O–H groups in total. The van der Waals surface area contributed by atoms with E-state index in [0.717, 1.165) is 16.8 Å². The predicted molar refractivity (Wildman–Crippen MR) is 99.8 cm³/mol. The van der Waals surface area contributed by atoms with Crippen LogP contribution in [0.5, 0.6) is 0 Å². The van der Waals surface area contributed by atoms with Crippen LogP contribution in [-0.2, 0) is 6.67 Å². The monoisotopic (exact) mass is 368 g/mol. The molecule has 0 radical (unpaired) electrons. The molecule has 1 amide bonds. The molecule has 27 heavy (non-hydrogen) atoms. The maximum Gasteiger partial charge on any atom is 0.312 e. The molecule has 0 saturated heterocycles. The fraction of sp³-hybridized carbons (Fsp3) is 0.278. The third-order valence-corrected chi connectivity index (χ3v) is 4.40. The number of aryl methyl sites for hydroxylation is 3. The molecule has 0 aliphatic rings. The Bertz CT molecular complexity index is 1010. The topological polar surface area (TPSA) is 108 Å². The highest BCUT2D eigenvalue weighted by Gasteiger charge is 2.22. The normalized spacial score (nSPS) is 10.8. The van der Waals surface area contributed by atoms with Crippen LogP contribution in [-0.4, -0.2) is 30.4 Å². The summed E-state index contributed by atoms with van der Waals surface area (Å²) in [6.07, 6.45) is 1.64. The molecular formula is C18H20N6O3. The smallest absolute Gasteiger partial charge is 0.312 e. The summed E-state index contributed by atoms with van der Waals surface area (Å²) in [5, 5.41) is 22.4. The minimum Gasteiger partial charge on any atom is -0.320 e. The number of hydrogen-bond donors (Lipinski definition) is 1. The lowest BCUT2D eigenvalue weighted by Crippen LogP contribution is -2.16. The van der Waals surface area contributed by atoms with Crippen molar-refractivity contribution in [3.05, 3.63) is 68.8 Å². The molecule has 2 heterocycles. The molecule has 0 atom stereocenters. The molecule has 0 fully saturated rings. The van der Waals surface area contributed by atoms with Crippen LogP contribution in [0.4, 0.5) is 11.4 Å². The van der Waals surface area contributed by atoms with Gasteiger partial charge in [0.25, 0.3) is 5.91 Å². The van der Waals surface area contributed by atoms with E-state index in [4.69, 9.17) is 0 Å². The summed E-state index contributed by atoms with van der Waals surface area (Å²) < 4.78 is 3.01. The minimum absolute atomic E-state index is 0.00449. The summed E-state index contributed by atoms with van der Waals surface area (Å²) in [6, 6.07) is 7.39. The van der Waals surface area contributed by atoms with Gasteiger partial charge in [-0.1, -0.05) is 18.2 Å². The molecule has 0 spiro atoms. The molecule has 2 aromatic heterocycles. The van der Waals surface area contributed by atoms with Gasteiger partial charge in [0, 0.05) is 11.9 Å². The van der Waals surface area contributed by atoms with E-state index < -0.39 is 4.92 Å². The highest BCUT2D eigenvalue weighted by molar-refractivity contribution is 6.03. The zero-order chi connectivity index (χ0) is 19.7. The highest BCUT2D eigenvalue weighted by atomic mass is 16.6. The van der Waals surface area contributed by atoms with Crippen LogP contribution in [0.2, 0.25) is 0 Å². The number of anilines is 1. The Morgan fingerprint density at radius 2 is 1.81 bits per heavy atom. The number of carbonyl (C=O) groups excluding carboxylic acids is 1. The van der Waals surface area contributed by atoms with Gasteiger partial charge in [0.1, 0.15) is 18.1 Å². The lowest BCUT2D eigenvalue weighted by molar-refractivity contribution is -0.386. The van der Waals surface area contributed by atoms with Crippen LogP contribution < -0.4 is 5.32 Å². The van der Waals surface area contributed by atoms with E-state index in [1.807, 2.05) is 32.0 Å². The Balaban J connectivity index is 1.78. The summed E-state index contributed by atoms with van der Waals surface area (Å²) in [6.45, 7) is 7.26. The van der Waals surface area contributed by atoms with Gasteiger partial charge in [-0.05, 0) is 44.9 Å². The molecule has 1 aromatic carbocycles. The summed E-state index contributed by atoms with van der Waals surface area (Å²) in [5.74, 6) is -0.314. The summed E-state index contributed by atoms with van der Waals surface area (Å²) in [4.78, 5) is 23.2. The van der Waals surface area contributed by atoms with Crippen molar-refractivity contribution in [1.82, 2.24) is 19.6 Å². The number of aromatic nitrogens is 4. The lowest BCUT2D eigenvalue weighted by Gasteiger charge is -2.10. The Morgan fingerprint density at radius 1 is 1.15 bits per heavy atom. The zero-order valence-electron chi connectivity index (χ0n) is 15.6. The Morgan fingerprint density at radius 3 is 2.41 bits per heavy atom. The largest absolute Gasteiger partial charge is 0.320 e. The number of rotatable bonds is 5. The third kappa shape index (κ3) is 3.57. The second-order valence-electron chi connectivity index (χ2n) is 6.38. The first-order valence-electron chi connectivity index (χ1n) is 8.37. The number of nitrogens with one attached hydrogen (secondary N) is 1. The van der Waals surface area contributed by atoms with Crippen LogP contribution in [0, 0.1) is 37.8 Å². The van der Waals surface area contributed by atoms with Crippen LogP contribution in [0.15, 0.2) is 30.5 Å². The molecule has 3 aromatic rings. The SMILES string of the molecule is Cc1cccc(C)c1NC(=O)c1ccn(Cn2nc(C)c([N+](=O)[O-])c2C)n1. The van der Waals surface area contributed by atoms with Crippen molar-refractivity contribution in [3.63, 3.8) is 0 Å². The number of benzene rings is 1. The summed E-state index contributed by atoms with van der Waals surface area (Å²) >= 11 is 0. The molecule has 3 rings (SSSR count). The lowest BCUT2D eigenvalue weighted by atomic mass is 10.1. The molecule has 9 nitrogen and oxygen atoms in total. The van der Waals surface area contributed by atoms with Crippen molar-refractivity contribution >= 4 is 17.3 Å². The average molecular weight is 368 g/mol. The average Bonchev–Trinajstić information content (AvgIpc) is 3.16. The standard InChI is InChI=1S/C18H20N6O3/c1-11-6-5-7-12(2)16(11)19-18(25)15-8-9-22(21-15)10-23-14(4)17(24(26)27)13(3)20-23/h5-9H,10H2,1-4H3,(H,19,25). The first kappa shape index (κ1) is 18.3. The second-order valence-corrected chi connectivity index (χ2v) is 6.38. The fourth-order valence-electron chi connectivity index (χ4n) is 2.98. The fourth-order valence-corrected chi connectivity index (χ4v) is 2.98. The number of amides is 1. The van der Waals surface area contributed by atoms with Gasteiger partial charge < -0.3 is 5.32 Å². The van der Waals surface area contributed by atoms with E-state index in [0.29, 0.717) is 11.4 Å². The van der Waals surface area contributed by atoms with Crippen molar-refractivity contribution < 1.29 is 9.72 Å². The summed E-state index contributed by atoms with van der Waals surface area (Å²) in [5.41, 5.74) is 3.75. The van der Waals surface area contributed by atoms with Gasteiger partial charge >= 0.3 is 5.69 Å². The Labute approximate surface area is 155 Å². The first-order valence-corrected chi connectivity index (χ1v) is 8.37. The van der Waals surface area contributed by atoms with Gasteiger partial charge in [-0.2, -0.15) is 10.2 Å². The molecule has 0 bridgehead atoms. The first-order chi connectivity index (χ1) is 12.8.